The molecule has 5 nitrogen and oxygen atoms in total. The number of piperidine rings is 1. The van der Waals surface area contributed by atoms with E-state index in [1.807, 2.05) is 11.9 Å². The first-order valence-electron chi connectivity index (χ1n) is 9.30. The van der Waals surface area contributed by atoms with Crippen LogP contribution >= 0.6 is 0 Å². The van der Waals surface area contributed by atoms with Crippen LogP contribution in [-0.2, 0) is 0 Å². The number of rotatable bonds is 5. The molecule has 2 rings (SSSR count). The maximum atomic E-state index is 12.5. The maximum Gasteiger partial charge on any atom is 0.317 e. The third-order valence-electron chi connectivity index (χ3n) is 5.83. The summed E-state index contributed by atoms with van der Waals surface area (Å²) in [5, 5.41) is 12.4. The van der Waals surface area contributed by atoms with Crippen LogP contribution in [0, 0.1) is 5.92 Å². The lowest BCUT2D eigenvalue weighted by molar-refractivity contribution is 0.0914. The molecule has 134 valence electrons. The Morgan fingerprint density at radius 2 is 1.78 bits per heavy atom. The number of nitrogens with zero attached hydrogens (tertiary/aromatic N) is 2. The van der Waals surface area contributed by atoms with Crippen LogP contribution in [0.5, 0.6) is 0 Å². The smallest absolute Gasteiger partial charge is 0.317 e. The summed E-state index contributed by atoms with van der Waals surface area (Å²) in [6, 6.07) is 0.360. The van der Waals surface area contributed by atoms with E-state index in [-0.39, 0.29) is 18.2 Å². The molecule has 1 saturated carbocycles. The quantitative estimate of drug-likeness (QED) is 0.816. The number of carbonyl (C=O) groups is 1. The van der Waals surface area contributed by atoms with Gasteiger partial charge in [-0.1, -0.05) is 6.42 Å². The van der Waals surface area contributed by atoms with Crippen LogP contribution in [-0.4, -0.2) is 65.8 Å². The summed E-state index contributed by atoms with van der Waals surface area (Å²) in [6.45, 7) is 7.72. The lowest BCUT2D eigenvalue weighted by atomic mass is 9.86. The van der Waals surface area contributed by atoms with Crippen LogP contribution in [0.15, 0.2) is 0 Å². The molecule has 2 fully saturated rings. The molecule has 0 aromatic heterocycles. The van der Waals surface area contributed by atoms with Gasteiger partial charge in [-0.3, -0.25) is 4.90 Å². The first kappa shape index (κ1) is 18.5. The third kappa shape index (κ3) is 5.08. The van der Waals surface area contributed by atoms with Gasteiger partial charge in [0.25, 0.3) is 0 Å². The summed E-state index contributed by atoms with van der Waals surface area (Å²) in [5.74, 6) is 0.431. The summed E-state index contributed by atoms with van der Waals surface area (Å²) in [5.41, 5.74) is 0.0193. The van der Waals surface area contributed by atoms with Crippen LogP contribution in [0.1, 0.15) is 58.8 Å². The van der Waals surface area contributed by atoms with Gasteiger partial charge in [0, 0.05) is 31.8 Å². The van der Waals surface area contributed by atoms with Gasteiger partial charge in [-0.2, -0.15) is 0 Å². The first-order chi connectivity index (χ1) is 10.9. The van der Waals surface area contributed by atoms with Gasteiger partial charge in [0.1, 0.15) is 0 Å². The van der Waals surface area contributed by atoms with Gasteiger partial charge < -0.3 is 15.3 Å². The molecule has 1 aliphatic heterocycles. The summed E-state index contributed by atoms with van der Waals surface area (Å²) >= 11 is 0. The lowest BCUT2D eigenvalue weighted by Crippen LogP contribution is -2.55. The molecule has 1 aliphatic carbocycles. The van der Waals surface area contributed by atoms with Crippen molar-refractivity contribution in [3.63, 3.8) is 0 Å². The third-order valence-corrected chi connectivity index (χ3v) is 5.83. The average Bonchev–Trinajstić information content (AvgIpc) is 2.60. The molecule has 0 aromatic rings. The Labute approximate surface area is 141 Å². The van der Waals surface area contributed by atoms with E-state index in [1.54, 1.807) is 0 Å². The van der Waals surface area contributed by atoms with Crippen molar-refractivity contribution < 1.29 is 9.90 Å². The van der Waals surface area contributed by atoms with Crippen LogP contribution < -0.4 is 5.32 Å². The molecule has 0 unspecified atom stereocenters. The highest BCUT2D eigenvalue weighted by Gasteiger charge is 2.30. The van der Waals surface area contributed by atoms with Gasteiger partial charge in [0.05, 0.1) is 0 Å². The van der Waals surface area contributed by atoms with Crippen molar-refractivity contribution in [2.45, 2.75) is 70.4 Å². The fourth-order valence-electron chi connectivity index (χ4n) is 3.91. The lowest BCUT2D eigenvalue weighted by Gasteiger charge is -2.41. The second-order valence-corrected chi connectivity index (χ2v) is 7.99. The van der Waals surface area contributed by atoms with Crippen LogP contribution in [0.25, 0.3) is 0 Å². The predicted molar refractivity (Wildman–Crippen MR) is 93.5 cm³/mol. The second-order valence-electron chi connectivity index (χ2n) is 7.99. The monoisotopic (exact) mass is 325 g/mol. The molecule has 23 heavy (non-hydrogen) atoms. The Kier molecular flexibility index (Phi) is 6.72. The number of amides is 2. The number of carbonyl (C=O) groups excluding carboxylic acids is 1. The molecule has 0 radical (unpaired) electrons. The number of likely N-dealkylation sites (tertiary alicyclic amines) is 1. The largest absolute Gasteiger partial charge is 0.396 e. The van der Waals surface area contributed by atoms with E-state index in [2.05, 4.69) is 24.1 Å². The molecule has 2 N–H and O–H groups in total. The Hall–Kier alpha value is -0.810. The van der Waals surface area contributed by atoms with Crippen LogP contribution in [0.3, 0.4) is 0 Å². The highest BCUT2D eigenvalue weighted by atomic mass is 16.3. The fourth-order valence-corrected chi connectivity index (χ4v) is 3.91. The van der Waals surface area contributed by atoms with Gasteiger partial charge in [-0.25, -0.2) is 4.79 Å². The van der Waals surface area contributed by atoms with Crippen molar-refractivity contribution in [2.24, 2.45) is 5.92 Å². The van der Waals surface area contributed by atoms with Gasteiger partial charge in [0.15, 0.2) is 0 Å². The number of hydrogen-bond acceptors (Lipinski definition) is 3. The maximum absolute atomic E-state index is 12.5. The van der Waals surface area contributed by atoms with Crippen molar-refractivity contribution in [2.75, 3.05) is 33.3 Å². The van der Waals surface area contributed by atoms with E-state index >= 15 is 0 Å². The number of urea groups is 1. The highest BCUT2D eigenvalue weighted by Crippen LogP contribution is 2.26. The Morgan fingerprint density at radius 1 is 1.17 bits per heavy atom. The Balaban J connectivity index is 1.77. The molecule has 2 aliphatic rings. The van der Waals surface area contributed by atoms with E-state index < -0.39 is 0 Å². The van der Waals surface area contributed by atoms with Gasteiger partial charge in [-0.15, -0.1) is 0 Å². The van der Waals surface area contributed by atoms with E-state index in [0.29, 0.717) is 18.5 Å². The molecule has 0 atom stereocenters. The van der Waals surface area contributed by atoms with Crippen LogP contribution in [0.2, 0.25) is 0 Å². The first-order valence-corrected chi connectivity index (χ1v) is 9.30. The van der Waals surface area contributed by atoms with Crippen LogP contribution in [0.4, 0.5) is 4.79 Å². The van der Waals surface area contributed by atoms with E-state index in [9.17, 15) is 9.90 Å². The SMILES string of the molecule is CN(C(=O)NCC(C)(C)N1CCCCC1)C1CCC(CO)CC1. The van der Waals surface area contributed by atoms with Crippen molar-refractivity contribution >= 4 is 6.03 Å². The van der Waals surface area contributed by atoms with E-state index in [1.165, 1.54) is 19.3 Å². The number of nitrogens with one attached hydrogen (secondary N) is 1. The fraction of sp³-hybridized carbons (Fsp3) is 0.944. The zero-order valence-electron chi connectivity index (χ0n) is 15.2. The molecular formula is C18H35N3O2. The Bertz CT molecular complexity index is 372. The minimum absolute atomic E-state index is 0.0193. The van der Waals surface area contributed by atoms with Crippen molar-refractivity contribution in [1.29, 1.82) is 0 Å². The van der Waals surface area contributed by atoms with Crippen molar-refractivity contribution in [1.82, 2.24) is 15.1 Å². The van der Waals surface area contributed by atoms with Gasteiger partial charge in [-0.05, 0) is 71.4 Å². The minimum atomic E-state index is 0.0193. The summed E-state index contributed by atoms with van der Waals surface area (Å²) in [6.07, 6.45) is 7.93. The zero-order valence-corrected chi connectivity index (χ0v) is 15.2. The molecule has 1 heterocycles. The van der Waals surface area contributed by atoms with Gasteiger partial charge in [0.2, 0.25) is 0 Å². The average molecular weight is 325 g/mol. The van der Waals surface area contributed by atoms with Crippen molar-refractivity contribution in [3.05, 3.63) is 0 Å². The number of aliphatic hydroxyl groups excluding tert-OH is 1. The highest BCUT2D eigenvalue weighted by molar-refractivity contribution is 5.74. The molecule has 5 heteroatoms. The molecule has 0 aromatic carbocycles. The molecule has 0 bridgehead atoms. The van der Waals surface area contributed by atoms with Crippen molar-refractivity contribution in [3.8, 4) is 0 Å². The topological polar surface area (TPSA) is 55.8 Å². The number of aliphatic hydroxyl groups is 1. The van der Waals surface area contributed by atoms with Gasteiger partial charge >= 0.3 is 6.03 Å². The number of hydrogen-bond donors (Lipinski definition) is 2. The summed E-state index contributed by atoms with van der Waals surface area (Å²) in [4.78, 5) is 16.8. The molecule has 2 amide bonds. The standard InChI is InChI=1S/C18H35N3O2/c1-18(2,21-11-5-4-6-12-21)14-19-17(23)20(3)16-9-7-15(13-22)8-10-16/h15-16,22H,4-14H2,1-3H3,(H,19,23). The minimum Gasteiger partial charge on any atom is -0.396 e. The predicted octanol–water partition coefficient (Wildman–Crippen LogP) is 2.44. The molecular weight excluding hydrogens is 290 g/mol. The molecule has 1 saturated heterocycles. The molecule has 0 spiro atoms. The second kappa shape index (κ2) is 8.34. The summed E-state index contributed by atoms with van der Waals surface area (Å²) in [7, 11) is 1.91. The van der Waals surface area contributed by atoms with E-state index in [0.717, 1.165) is 38.8 Å². The summed E-state index contributed by atoms with van der Waals surface area (Å²) < 4.78 is 0. The zero-order chi connectivity index (χ0) is 16.9. The van der Waals surface area contributed by atoms with E-state index in [4.69, 9.17) is 0 Å². The normalized spacial score (nSPS) is 26.8. The Morgan fingerprint density at radius 3 is 2.35 bits per heavy atom.